The zero-order valence-electron chi connectivity index (χ0n) is 14.6. The number of aliphatic carboxylic acids is 1. The molecule has 1 aliphatic rings. The van der Waals surface area contributed by atoms with E-state index in [0.29, 0.717) is 24.2 Å². The third kappa shape index (κ3) is 4.37. The maximum absolute atomic E-state index is 12.5. The van der Waals surface area contributed by atoms with Gasteiger partial charge in [0.05, 0.1) is 23.6 Å². The van der Waals surface area contributed by atoms with Crippen LogP contribution in [0.15, 0.2) is 45.9 Å². The average molecular weight is 392 g/mol. The largest absolute Gasteiger partial charge is 0.481 e. The molecule has 1 fully saturated rings. The quantitative estimate of drug-likeness (QED) is 0.658. The zero-order chi connectivity index (χ0) is 19.6. The molecule has 27 heavy (non-hydrogen) atoms. The van der Waals surface area contributed by atoms with Crippen molar-refractivity contribution in [1.29, 1.82) is 0 Å². The molecule has 2 aromatic rings. The Morgan fingerprint density at radius 1 is 1.26 bits per heavy atom. The van der Waals surface area contributed by atoms with E-state index in [9.17, 15) is 18.0 Å². The fourth-order valence-corrected chi connectivity index (χ4v) is 3.90. The van der Waals surface area contributed by atoms with E-state index < -0.39 is 27.8 Å². The summed E-state index contributed by atoms with van der Waals surface area (Å²) in [4.78, 5) is 23.3. The topological polar surface area (TPSA) is 126 Å². The van der Waals surface area contributed by atoms with Crippen LogP contribution in [0.5, 0.6) is 0 Å². The van der Waals surface area contributed by atoms with Crippen LogP contribution in [-0.4, -0.2) is 31.4 Å². The summed E-state index contributed by atoms with van der Waals surface area (Å²) < 4.78 is 32.5. The van der Waals surface area contributed by atoms with E-state index in [1.165, 1.54) is 18.4 Å². The first kappa shape index (κ1) is 19.1. The Hall–Kier alpha value is -2.65. The van der Waals surface area contributed by atoms with Gasteiger partial charge in [0.25, 0.3) is 5.91 Å². The van der Waals surface area contributed by atoms with Crippen molar-refractivity contribution in [2.24, 2.45) is 5.92 Å². The van der Waals surface area contributed by atoms with Crippen LogP contribution in [-0.2, 0) is 21.4 Å². The van der Waals surface area contributed by atoms with E-state index in [-0.39, 0.29) is 23.0 Å². The van der Waals surface area contributed by atoms with E-state index >= 15 is 0 Å². The molecular formula is C18H20N2O6S. The minimum atomic E-state index is -3.82. The highest BCUT2D eigenvalue weighted by Crippen LogP contribution is 2.28. The summed E-state index contributed by atoms with van der Waals surface area (Å²) in [5.74, 6) is -1.24. The molecule has 3 N–H and O–H groups in total. The number of aryl methyl sites for hydroxylation is 1. The van der Waals surface area contributed by atoms with Crippen LogP contribution < -0.4 is 10.0 Å². The molecule has 0 bridgehead atoms. The minimum absolute atomic E-state index is 0.00336. The molecule has 0 saturated heterocycles. The van der Waals surface area contributed by atoms with E-state index in [2.05, 4.69) is 10.0 Å². The average Bonchev–Trinajstić information content (AvgIpc) is 3.09. The molecule has 144 valence electrons. The number of amides is 1. The molecule has 1 heterocycles. The third-order valence-electron chi connectivity index (χ3n) is 4.60. The van der Waals surface area contributed by atoms with Crippen molar-refractivity contribution in [3.8, 4) is 0 Å². The van der Waals surface area contributed by atoms with Crippen molar-refractivity contribution >= 4 is 21.9 Å². The lowest BCUT2D eigenvalue weighted by Crippen LogP contribution is -2.46. The van der Waals surface area contributed by atoms with Gasteiger partial charge in [0.2, 0.25) is 10.0 Å². The predicted octanol–water partition coefficient (Wildman–Crippen LogP) is 1.66. The molecule has 9 heteroatoms. The Morgan fingerprint density at radius 3 is 2.63 bits per heavy atom. The van der Waals surface area contributed by atoms with Gasteiger partial charge in [0.15, 0.2) is 0 Å². The second-order valence-corrected chi connectivity index (χ2v) is 8.32. The molecule has 0 aliphatic heterocycles. The summed E-state index contributed by atoms with van der Waals surface area (Å²) in [5, 5.41) is 11.7. The first-order chi connectivity index (χ1) is 12.8. The molecule has 8 nitrogen and oxygen atoms in total. The van der Waals surface area contributed by atoms with E-state index in [0.717, 1.165) is 0 Å². The Bertz CT molecular complexity index is 946. The lowest BCUT2D eigenvalue weighted by Gasteiger charge is -2.33. The van der Waals surface area contributed by atoms with Crippen molar-refractivity contribution in [3.63, 3.8) is 0 Å². The van der Waals surface area contributed by atoms with Gasteiger partial charge in [0, 0.05) is 11.6 Å². The van der Waals surface area contributed by atoms with Crippen LogP contribution in [0.1, 0.15) is 34.5 Å². The van der Waals surface area contributed by atoms with Gasteiger partial charge in [-0.25, -0.2) is 13.1 Å². The highest BCUT2D eigenvalue weighted by molar-refractivity contribution is 7.89. The van der Waals surface area contributed by atoms with E-state index in [1.807, 2.05) is 0 Å². The van der Waals surface area contributed by atoms with Crippen LogP contribution in [0.2, 0.25) is 0 Å². The highest BCUT2D eigenvalue weighted by Gasteiger charge is 2.35. The zero-order valence-corrected chi connectivity index (χ0v) is 15.5. The minimum Gasteiger partial charge on any atom is -0.481 e. The first-order valence-corrected chi connectivity index (χ1v) is 9.91. The Labute approximate surface area is 156 Å². The highest BCUT2D eigenvalue weighted by atomic mass is 32.2. The van der Waals surface area contributed by atoms with Gasteiger partial charge in [-0.05, 0) is 49.6 Å². The van der Waals surface area contributed by atoms with E-state index in [1.54, 1.807) is 25.1 Å². The Morgan fingerprint density at radius 2 is 2.00 bits per heavy atom. The second-order valence-electron chi connectivity index (χ2n) is 6.56. The summed E-state index contributed by atoms with van der Waals surface area (Å²) in [6.07, 6.45) is 2.21. The van der Waals surface area contributed by atoms with Gasteiger partial charge in [-0.2, -0.15) is 0 Å². The molecule has 0 unspecified atom stereocenters. The van der Waals surface area contributed by atoms with Crippen LogP contribution in [0.4, 0.5) is 0 Å². The lowest BCUT2D eigenvalue weighted by atomic mass is 9.80. The molecule has 1 aromatic heterocycles. The van der Waals surface area contributed by atoms with Crippen molar-refractivity contribution in [3.05, 3.63) is 53.5 Å². The monoisotopic (exact) mass is 392 g/mol. The number of hydrogen-bond acceptors (Lipinski definition) is 5. The molecule has 0 spiro atoms. The van der Waals surface area contributed by atoms with Crippen molar-refractivity contribution in [2.75, 3.05) is 0 Å². The summed E-state index contributed by atoms with van der Waals surface area (Å²) >= 11 is 0. The molecule has 1 aliphatic carbocycles. The normalized spacial score (nSPS) is 19.3. The van der Waals surface area contributed by atoms with Crippen molar-refractivity contribution in [2.45, 2.75) is 37.2 Å². The SMILES string of the molecule is Cc1ccc(S(=O)(=O)NCc2ccco2)cc1C(=O)NC1CC(C(=O)O)C1. The first-order valence-electron chi connectivity index (χ1n) is 8.42. The molecule has 1 saturated carbocycles. The smallest absolute Gasteiger partial charge is 0.306 e. The number of carboxylic acid groups (broad SMARTS) is 1. The Kier molecular flexibility index (Phi) is 5.33. The number of carboxylic acids is 1. The fraction of sp³-hybridized carbons (Fsp3) is 0.333. The number of carbonyl (C=O) groups is 2. The van der Waals surface area contributed by atoms with Gasteiger partial charge >= 0.3 is 5.97 Å². The van der Waals surface area contributed by atoms with Crippen molar-refractivity contribution < 1.29 is 27.5 Å². The van der Waals surface area contributed by atoms with Gasteiger partial charge in [-0.1, -0.05) is 6.07 Å². The number of benzene rings is 1. The van der Waals surface area contributed by atoms with Gasteiger partial charge < -0.3 is 14.8 Å². The van der Waals surface area contributed by atoms with Gasteiger partial charge in [-0.15, -0.1) is 0 Å². The van der Waals surface area contributed by atoms with Crippen LogP contribution in [0.3, 0.4) is 0 Å². The molecule has 0 atom stereocenters. The van der Waals surface area contributed by atoms with Gasteiger partial charge in [0.1, 0.15) is 5.76 Å². The molecule has 1 amide bonds. The number of sulfonamides is 1. The number of rotatable bonds is 7. The molecule has 3 rings (SSSR count). The van der Waals surface area contributed by atoms with Gasteiger partial charge in [-0.3, -0.25) is 9.59 Å². The van der Waals surface area contributed by atoms with Crippen molar-refractivity contribution in [1.82, 2.24) is 10.0 Å². The number of nitrogens with one attached hydrogen (secondary N) is 2. The number of carbonyl (C=O) groups excluding carboxylic acids is 1. The summed E-state index contributed by atoms with van der Waals surface area (Å²) in [6, 6.07) is 7.42. The summed E-state index contributed by atoms with van der Waals surface area (Å²) in [5.41, 5.74) is 0.876. The van der Waals surface area contributed by atoms with E-state index in [4.69, 9.17) is 9.52 Å². The standard InChI is InChI=1S/C18H20N2O6S/c1-11-4-5-15(27(24,25)19-10-14-3-2-6-26-14)9-16(11)17(21)20-13-7-12(8-13)18(22)23/h2-6,9,12-13,19H,7-8,10H2,1H3,(H,20,21)(H,22,23). The van der Waals surface area contributed by atoms with Crippen LogP contribution in [0.25, 0.3) is 0 Å². The molecular weight excluding hydrogens is 372 g/mol. The Balaban J connectivity index is 1.70. The summed E-state index contributed by atoms with van der Waals surface area (Å²) in [7, 11) is -3.82. The third-order valence-corrected chi connectivity index (χ3v) is 6.00. The maximum Gasteiger partial charge on any atom is 0.306 e. The number of hydrogen-bond donors (Lipinski definition) is 3. The molecule has 1 aromatic carbocycles. The second kappa shape index (κ2) is 7.53. The predicted molar refractivity (Wildman–Crippen MR) is 95.5 cm³/mol. The summed E-state index contributed by atoms with van der Waals surface area (Å²) in [6.45, 7) is 1.71. The van der Waals surface area contributed by atoms with Crippen LogP contribution >= 0.6 is 0 Å². The van der Waals surface area contributed by atoms with Crippen LogP contribution in [0, 0.1) is 12.8 Å². The lowest BCUT2D eigenvalue weighted by molar-refractivity contribution is -0.145. The fourth-order valence-electron chi connectivity index (χ4n) is 2.88. The number of furan rings is 1. The molecule has 0 radical (unpaired) electrons. The maximum atomic E-state index is 12.5.